The van der Waals surface area contributed by atoms with Crippen molar-refractivity contribution in [3.63, 3.8) is 0 Å². The van der Waals surface area contributed by atoms with Gasteiger partial charge in [-0.05, 0) is 69.1 Å². The van der Waals surface area contributed by atoms with Crippen LogP contribution in [0.1, 0.15) is 186 Å². The van der Waals surface area contributed by atoms with Crippen LogP contribution in [0, 0.1) is 5.82 Å². The van der Waals surface area contributed by atoms with E-state index in [1.807, 2.05) is 0 Å². The minimum atomic E-state index is -2.33. The van der Waals surface area contributed by atoms with Crippen LogP contribution in [0.5, 0.6) is 0 Å². The summed E-state index contributed by atoms with van der Waals surface area (Å²) in [5.41, 5.74) is 1.06. The van der Waals surface area contributed by atoms with E-state index in [9.17, 15) is 120 Å². The van der Waals surface area contributed by atoms with E-state index >= 15 is 0 Å². The van der Waals surface area contributed by atoms with Gasteiger partial charge in [0.1, 0.15) is 122 Å². The van der Waals surface area contributed by atoms with E-state index in [1.165, 1.54) is 57.1 Å². The number of benzene rings is 1. The lowest BCUT2D eigenvalue weighted by Gasteiger charge is -2.48. The van der Waals surface area contributed by atoms with E-state index in [1.54, 1.807) is 12.1 Å². The van der Waals surface area contributed by atoms with E-state index in [0.717, 1.165) is 69.8 Å². The molecule has 5 saturated heterocycles. The second-order valence-corrected chi connectivity index (χ2v) is 30.1. The molecule has 0 aromatic heterocycles. The number of nitrogens with one attached hydrogen (secondary N) is 3. The van der Waals surface area contributed by atoms with Crippen LogP contribution in [0.3, 0.4) is 0 Å². The number of aliphatic hydroxyl groups excluding tert-OH is 16. The fraction of sp³-hybridized carbons (Fsp3) is 0.855. The first-order chi connectivity index (χ1) is 54.6. The van der Waals surface area contributed by atoms with Crippen molar-refractivity contribution in [2.75, 3.05) is 52.7 Å². The summed E-state index contributed by atoms with van der Waals surface area (Å²) in [6.45, 7) is -0.218. The fourth-order valence-electron chi connectivity index (χ4n) is 14.2. The summed E-state index contributed by atoms with van der Waals surface area (Å²) in [4.78, 5) is 62.5. The van der Waals surface area contributed by atoms with E-state index < -0.39 is 209 Å². The average molecular weight is 1650 g/mol. The summed E-state index contributed by atoms with van der Waals surface area (Å²) in [5.74, 6) is -4.93. The van der Waals surface area contributed by atoms with E-state index in [4.69, 9.17) is 52.1 Å². The highest BCUT2D eigenvalue weighted by Gasteiger charge is 2.57. The number of aliphatic carboxylic acids is 2. The Hall–Kier alpha value is -4.58. The second kappa shape index (κ2) is 52.5. The summed E-state index contributed by atoms with van der Waals surface area (Å²) in [6.07, 6.45) is -29.3. The van der Waals surface area contributed by atoms with Crippen LogP contribution in [-0.4, -0.2) is 346 Å². The Morgan fingerprint density at radius 2 is 0.868 bits per heavy atom. The van der Waals surface area contributed by atoms with Crippen molar-refractivity contribution in [2.24, 2.45) is 0 Å². The fourth-order valence-corrected chi connectivity index (χ4v) is 14.2. The van der Waals surface area contributed by atoms with Gasteiger partial charge in [0, 0.05) is 39.0 Å². The van der Waals surface area contributed by atoms with Crippen LogP contribution in [0.2, 0.25) is 0 Å². The molecule has 5 aliphatic rings. The van der Waals surface area contributed by atoms with Gasteiger partial charge in [0.15, 0.2) is 43.7 Å². The van der Waals surface area contributed by atoms with Crippen molar-refractivity contribution in [2.45, 2.75) is 358 Å². The van der Waals surface area contributed by atoms with Crippen LogP contribution in [0.4, 0.5) is 4.39 Å². The molecule has 658 valence electrons. The Morgan fingerprint density at radius 3 is 1.46 bits per heavy atom. The van der Waals surface area contributed by atoms with Crippen molar-refractivity contribution >= 4 is 29.7 Å². The van der Waals surface area contributed by atoms with Gasteiger partial charge < -0.3 is 160 Å². The number of hydrogen-bond donors (Lipinski definition) is 21. The lowest BCUT2D eigenvalue weighted by molar-refractivity contribution is -0.385. The molecule has 25 unspecified atom stereocenters. The topological polar surface area (TPSA) is 587 Å². The van der Waals surface area contributed by atoms with Crippen molar-refractivity contribution in [3.05, 3.63) is 35.6 Å². The van der Waals surface area contributed by atoms with Gasteiger partial charge in [-0.2, -0.15) is 0 Å². The summed E-state index contributed by atoms with van der Waals surface area (Å²) in [6, 6.07) is 5.31. The predicted octanol–water partition coefficient (Wildman–Crippen LogP) is -2.33. The Bertz CT molecular complexity index is 2870. The predicted molar refractivity (Wildman–Crippen MR) is 393 cm³/mol. The van der Waals surface area contributed by atoms with Crippen molar-refractivity contribution < 1.29 is 172 Å². The molecule has 5 aliphatic heterocycles. The first-order valence-corrected chi connectivity index (χ1v) is 40.4. The number of rotatable bonds is 55. The Kier molecular flexibility index (Phi) is 45.2. The van der Waals surface area contributed by atoms with Crippen LogP contribution in [-0.2, 0) is 82.5 Å². The van der Waals surface area contributed by atoms with Gasteiger partial charge in [0.2, 0.25) is 17.7 Å². The van der Waals surface area contributed by atoms with E-state index in [2.05, 4.69) is 22.9 Å². The number of carbonyl (C=O) groups is 5. The van der Waals surface area contributed by atoms with Crippen molar-refractivity contribution in [3.8, 4) is 0 Å². The maximum atomic E-state index is 13.3. The zero-order valence-electron chi connectivity index (χ0n) is 64.9. The molecule has 0 saturated carbocycles. The minimum Gasteiger partial charge on any atom is -0.479 e. The highest BCUT2D eigenvalue weighted by molar-refractivity contribution is 5.77. The first-order valence-electron chi connectivity index (χ1n) is 40.4. The zero-order chi connectivity index (χ0) is 83.4. The lowest BCUT2D eigenvalue weighted by atomic mass is 9.95. The number of unbranched alkanes of at least 4 members (excludes halogenated alkanes) is 19. The molecule has 3 amide bonds. The number of aryl methyl sites for hydroxylation is 1. The molecule has 0 radical (unpaired) electrons. The molecular weight excluding hydrogens is 1520 g/mol. The third-order valence-electron chi connectivity index (χ3n) is 21.1. The molecular formula is C76H128FN3O34. The van der Waals surface area contributed by atoms with Crippen molar-refractivity contribution in [1.29, 1.82) is 0 Å². The normalized spacial score (nSPS) is 32.8. The Morgan fingerprint density at radius 1 is 0.430 bits per heavy atom. The molecule has 5 fully saturated rings. The van der Waals surface area contributed by atoms with Crippen LogP contribution >= 0.6 is 0 Å². The summed E-state index contributed by atoms with van der Waals surface area (Å²) < 4.78 is 74.6. The first kappa shape index (κ1) is 98.2. The quantitative estimate of drug-likeness (QED) is 0.0304. The summed E-state index contributed by atoms with van der Waals surface area (Å²) in [7, 11) is 0. The van der Waals surface area contributed by atoms with Gasteiger partial charge >= 0.3 is 11.9 Å². The molecule has 0 aliphatic carbocycles. The number of carboxylic acid groups (broad SMARTS) is 2. The van der Waals surface area contributed by atoms with Gasteiger partial charge in [-0.15, -0.1) is 0 Å². The number of hydrogen-bond acceptors (Lipinski definition) is 32. The lowest BCUT2D eigenvalue weighted by Crippen LogP contribution is -2.68. The van der Waals surface area contributed by atoms with Gasteiger partial charge in [0.25, 0.3) is 0 Å². The smallest absolute Gasteiger partial charge is 0.335 e. The molecule has 1 aromatic rings. The molecule has 6 rings (SSSR count). The standard InChI is InChI=1S/C76H128FN3O34/c1-2-3-4-5-6-7-8-9-10-11-14-19-26-45(83)52(87)44(80-51(86)29-20-15-12-13-18-25-42-30-32-43(77)33-31-42)40-106-73-59(94)54(89)53(88)48(109-73)41-104-36-24-17-16-23-34-78-49(84)27-21-22-28-50(85)79-35-37-105-72-61(96)57(92)65(46(38-81)107-72)111-76-64(99)67(63(98)69(114-76)71(102)103)112-74-62(97)58(93)66(47(39-82)108-74)110-75-60(95)55(90)56(91)68(113-75)70(100)101/h30-33,44-48,52-69,72-76,81-83,87-99H,2-29,34-41H2,1H3,(H,78,84)(H,79,85)(H,80,86)(H,100,101)(H,102,103)/t44-,45+,46?,47?,48?,52-,53?,54?,55?,56?,57?,58?,59?,60?,61?,62?,63?,64?,65?,66?,67?,68?,69?,72?,73?,74?,75?,76?/m0/s1. The Labute approximate surface area is 662 Å². The van der Waals surface area contributed by atoms with Gasteiger partial charge in [0.05, 0.1) is 45.2 Å². The third kappa shape index (κ3) is 31.5. The zero-order valence-corrected chi connectivity index (χ0v) is 64.9. The Balaban J connectivity index is 0.831. The monoisotopic (exact) mass is 1650 g/mol. The molecule has 21 N–H and O–H groups in total. The number of ether oxygens (including phenoxy) is 11. The van der Waals surface area contributed by atoms with Gasteiger partial charge in [-0.25, -0.2) is 14.0 Å². The molecule has 0 bridgehead atoms. The second-order valence-electron chi connectivity index (χ2n) is 30.1. The molecule has 37 nitrogen and oxygen atoms in total. The van der Waals surface area contributed by atoms with Crippen LogP contribution in [0.25, 0.3) is 0 Å². The number of carbonyl (C=O) groups excluding carboxylic acids is 3. The molecule has 5 heterocycles. The average Bonchev–Trinajstić information content (AvgIpc) is 0.775. The largest absolute Gasteiger partial charge is 0.479 e. The number of carboxylic acids is 2. The van der Waals surface area contributed by atoms with Crippen LogP contribution in [0.15, 0.2) is 24.3 Å². The molecule has 114 heavy (non-hydrogen) atoms. The van der Waals surface area contributed by atoms with E-state index in [0.29, 0.717) is 51.5 Å². The SMILES string of the molecule is CCCCCCCCCCCCCC[C@@H](O)[C@@H](O)[C@H](COC1OC(COCCCCCCNC(=O)CCCCC(=O)NCCOC2OC(CO)C(OC3OC(C(=O)O)C(O)C(OC4OC(CO)C(OC5OC(C(=O)O)C(O)C(O)C5O)C(O)C4O)C3O)C(O)C2O)C(O)C(O)C1O)NC(=O)CCCCCCCc1ccc(F)cc1. The summed E-state index contributed by atoms with van der Waals surface area (Å²) in [5, 5.41) is 201. The number of amides is 3. The third-order valence-corrected chi connectivity index (χ3v) is 21.1. The highest BCUT2D eigenvalue weighted by atomic mass is 19.1. The molecule has 1 aromatic carbocycles. The maximum absolute atomic E-state index is 13.3. The molecule has 0 spiro atoms. The maximum Gasteiger partial charge on any atom is 0.335 e. The number of halogens is 1. The minimum absolute atomic E-state index is 0.0313. The molecule has 28 atom stereocenters. The van der Waals surface area contributed by atoms with Crippen LogP contribution < -0.4 is 16.0 Å². The van der Waals surface area contributed by atoms with Gasteiger partial charge in [-0.3, -0.25) is 14.4 Å². The van der Waals surface area contributed by atoms with E-state index in [-0.39, 0.29) is 69.7 Å². The number of aliphatic hydroxyl groups is 16. The highest BCUT2D eigenvalue weighted by Crippen LogP contribution is 2.36. The van der Waals surface area contributed by atoms with Crippen molar-refractivity contribution in [1.82, 2.24) is 16.0 Å². The summed E-state index contributed by atoms with van der Waals surface area (Å²) >= 11 is 0. The molecule has 38 heteroatoms. The van der Waals surface area contributed by atoms with Gasteiger partial charge in [-0.1, -0.05) is 128 Å².